The number of alkyl halides is 3. The zero-order chi connectivity index (χ0) is 13.3. The van der Waals surface area contributed by atoms with E-state index in [1.807, 2.05) is 0 Å². The molecule has 0 unspecified atom stereocenters. The predicted octanol–water partition coefficient (Wildman–Crippen LogP) is 4.26. The standard InChI is InChI=1S/C14H9F3O/c1-3-10-8-11(14(15,16)17)5-6-12(10)13-7-4-9(2)18-13/h1,4-8H,2H3. The quantitative estimate of drug-likeness (QED) is 0.689. The van der Waals surface area contributed by atoms with Crippen molar-refractivity contribution in [3.63, 3.8) is 0 Å². The van der Waals surface area contributed by atoms with Crippen molar-refractivity contribution in [1.29, 1.82) is 0 Å². The number of benzene rings is 1. The van der Waals surface area contributed by atoms with Crippen LogP contribution in [0.3, 0.4) is 0 Å². The highest BCUT2D eigenvalue weighted by Crippen LogP contribution is 2.33. The summed E-state index contributed by atoms with van der Waals surface area (Å²) in [5, 5.41) is 0. The minimum atomic E-state index is -4.40. The molecule has 1 heterocycles. The van der Waals surface area contributed by atoms with E-state index in [-0.39, 0.29) is 5.56 Å². The van der Waals surface area contributed by atoms with Gasteiger partial charge < -0.3 is 4.42 Å². The second kappa shape index (κ2) is 4.26. The molecule has 0 aliphatic carbocycles. The normalized spacial score (nSPS) is 11.3. The molecule has 0 fully saturated rings. The minimum absolute atomic E-state index is 0.166. The number of terminal acetylenes is 1. The molecule has 4 heteroatoms. The van der Waals surface area contributed by atoms with Crippen molar-refractivity contribution in [2.24, 2.45) is 0 Å². The van der Waals surface area contributed by atoms with Crippen LogP contribution >= 0.6 is 0 Å². The van der Waals surface area contributed by atoms with E-state index in [0.717, 1.165) is 12.1 Å². The third-order valence-electron chi connectivity index (χ3n) is 2.51. The van der Waals surface area contributed by atoms with Gasteiger partial charge in [0.2, 0.25) is 0 Å². The van der Waals surface area contributed by atoms with Crippen LogP contribution in [0, 0.1) is 19.3 Å². The molecule has 0 saturated carbocycles. The van der Waals surface area contributed by atoms with Gasteiger partial charge in [0.1, 0.15) is 11.5 Å². The lowest BCUT2D eigenvalue weighted by molar-refractivity contribution is -0.137. The van der Waals surface area contributed by atoms with Crippen LogP contribution in [0.1, 0.15) is 16.9 Å². The number of halogens is 3. The summed E-state index contributed by atoms with van der Waals surface area (Å²) in [6.45, 7) is 1.75. The number of furan rings is 1. The van der Waals surface area contributed by atoms with Gasteiger partial charge in [-0.25, -0.2) is 0 Å². The zero-order valence-electron chi connectivity index (χ0n) is 9.51. The van der Waals surface area contributed by atoms with Gasteiger partial charge in [0, 0.05) is 11.1 Å². The second-order valence-electron chi connectivity index (χ2n) is 3.81. The van der Waals surface area contributed by atoms with E-state index in [0.29, 0.717) is 17.1 Å². The maximum atomic E-state index is 12.6. The Bertz CT molecular complexity index is 615. The van der Waals surface area contributed by atoms with Crippen LogP contribution in [0.25, 0.3) is 11.3 Å². The fourth-order valence-electron chi connectivity index (χ4n) is 1.63. The average molecular weight is 250 g/mol. The lowest BCUT2D eigenvalue weighted by atomic mass is 10.0. The van der Waals surface area contributed by atoms with Gasteiger partial charge >= 0.3 is 6.18 Å². The molecule has 0 aliphatic rings. The highest BCUT2D eigenvalue weighted by atomic mass is 19.4. The molecule has 18 heavy (non-hydrogen) atoms. The minimum Gasteiger partial charge on any atom is -0.461 e. The Hall–Kier alpha value is -2.15. The first-order chi connectivity index (χ1) is 8.41. The SMILES string of the molecule is C#Cc1cc(C(F)(F)F)ccc1-c1ccc(C)o1. The highest BCUT2D eigenvalue weighted by molar-refractivity contribution is 5.67. The smallest absolute Gasteiger partial charge is 0.416 e. The second-order valence-corrected chi connectivity index (χ2v) is 3.81. The molecule has 2 rings (SSSR count). The van der Waals surface area contributed by atoms with Crippen molar-refractivity contribution in [2.75, 3.05) is 0 Å². The lowest BCUT2D eigenvalue weighted by Crippen LogP contribution is -2.05. The molecule has 0 bridgehead atoms. The fraction of sp³-hybridized carbons (Fsp3) is 0.143. The van der Waals surface area contributed by atoms with Crippen LogP contribution in [-0.4, -0.2) is 0 Å². The van der Waals surface area contributed by atoms with Crippen LogP contribution in [0.2, 0.25) is 0 Å². The Morgan fingerprint density at radius 3 is 2.39 bits per heavy atom. The number of rotatable bonds is 1. The fourth-order valence-corrected chi connectivity index (χ4v) is 1.63. The van der Waals surface area contributed by atoms with E-state index in [1.165, 1.54) is 6.07 Å². The molecule has 0 atom stereocenters. The van der Waals surface area contributed by atoms with Crippen molar-refractivity contribution in [2.45, 2.75) is 13.1 Å². The number of hydrogen-bond donors (Lipinski definition) is 0. The highest BCUT2D eigenvalue weighted by Gasteiger charge is 2.31. The zero-order valence-corrected chi connectivity index (χ0v) is 9.51. The topological polar surface area (TPSA) is 13.1 Å². The maximum absolute atomic E-state index is 12.6. The molecule has 0 amide bonds. The Kier molecular flexibility index (Phi) is 2.92. The van der Waals surface area contributed by atoms with E-state index in [2.05, 4.69) is 5.92 Å². The average Bonchev–Trinajstić information content (AvgIpc) is 2.73. The predicted molar refractivity (Wildman–Crippen MR) is 61.8 cm³/mol. The van der Waals surface area contributed by atoms with E-state index in [4.69, 9.17) is 10.8 Å². The molecule has 1 aromatic carbocycles. The number of aryl methyl sites for hydroxylation is 1. The van der Waals surface area contributed by atoms with Gasteiger partial charge in [-0.1, -0.05) is 5.92 Å². The molecule has 1 nitrogen and oxygen atoms in total. The lowest BCUT2D eigenvalue weighted by Gasteiger charge is -2.09. The summed E-state index contributed by atoms with van der Waals surface area (Å²) >= 11 is 0. The molecular formula is C14H9F3O. The Morgan fingerprint density at radius 2 is 1.89 bits per heavy atom. The molecule has 0 aliphatic heterocycles. The Morgan fingerprint density at radius 1 is 1.17 bits per heavy atom. The molecular weight excluding hydrogens is 241 g/mol. The van der Waals surface area contributed by atoms with Gasteiger partial charge in [-0.15, -0.1) is 6.42 Å². The van der Waals surface area contributed by atoms with Gasteiger partial charge in [0.05, 0.1) is 5.56 Å². The van der Waals surface area contributed by atoms with Crippen LogP contribution < -0.4 is 0 Å². The summed E-state index contributed by atoms with van der Waals surface area (Å²) in [7, 11) is 0. The van der Waals surface area contributed by atoms with Crippen LogP contribution in [-0.2, 0) is 6.18 Å². The van der Waals surface area contributed by atoms with Crippen LogP contribution in [0.5, 0.6) is 0 Å². The molecule has 0 radical (unpaired) electrons. The van der Waals surface area contributed by atoms with E-state index >= 15 is 0 Å². The summed E-state index contributed by atoms with van der Waals surface area (Å²) in [4.78, 5) is 0. The Balaban J connectivity index is 2.55. The molecule has 1 aromatic heterocycles. The largest absolute Gasteiger partial charge is 0.461 e. The molecule has 0 N–H and O–H groups in total. The molecule has 0 saturated heterocycles. The van der Waals surface area contributed by atoms with Crippen LogP contribution in [0.4, 0.5) is 13.2 Å². The van der Waals surface area contributed by atoms with Crippen molar-refractivity contribution in [3.8, 4) is 23.7 Å². The van der Waals surface area contributed by atoms with Crippen molar-refractivity contribution in [3.05, 3.63) is 47.2 Å². The van der Waals surface area contributed by atoms with Gasteiger partial charge in [-0.3, -0.25) is 0 Å². The van der Waals surface area contributed by atoms with E-state index in [1.54, 1.807) is 19.1 Å². The maximum Gasteiger partial charge on any atom is 0.416 e. The third kappa shape index (κ3) is 2.25. The van der Waals surface area contributed by atoms with Crippen molar-refractivity contribution < 1.29 is 17.6 Å². The first-order valence-electron chi connectivity index (χ1n) is 5.16. The molecule has 2 aromatic rings. The third-order valence-corrected chi connectivity index (χ3v) is 2.51. The summed E-state index contributed by atoms with van der Waals surface area (Å²) in [5.74, 6) is 3.40. The van der Waals surface area contributed by atoms with Gasteiger partial charge in [-0.2, -0.15) is 13.2 Å². The Labute approximate surface area is 102 Å². The summed E-state index contributed by atoms with van der Waals surface area (Å²) in [5.41, 5.74) is -0.111. The van der Waals surface area contributed by atoms with Gasteiger partial charge in [0.15, 0.2) is 0 Å². The molecule has 0 spiro atoms. The molecule has 92 valence electrons. The monoisotopic (exact) mass is 250 g/mol. The van der Waals surface area contributed by atoms with Crippen molar-refractivity contribution in [1.82, 2.24) is 0 Å². The summed E-state index contributed by atoms with van der Waals surface area (Å²) in [6.07, 6.45) is 0.848. The van der Waals surface area contributed by atoms with Crippen molar-refractivity contribution >= 4 is 0 Å². The van der Waals surface area contributed by atoms with E-state index < -0.39 is 11.7 Å². The summed E-state index contributed by atoms with van der Waals surface area (Å²) < 4.78 is 43.0. The summed E-state index contributed by atoms with van der Waals surface area (Å²) in [6, 6.07) is 6.68. The van der Waals surface area contributed by atoms with E-state index in [9.17, 15) is 13.2 Å². The van der Waals surface area contributed by atoms with Crippen LogP contribution in [0.15, 0.2) is 34.7 Å². The van der Waals surface area contributed by atoms with Gasteiger partial charge in [-0.05, 0) is 37.3 Å². The first kappa shape index (κ1) is 12.3. The first-order valence-corrected chi connectivity index (χ1v) is 5.16. The van der Waals surface area contributed by atoms with Gasteiger partial charge in [0.25, 0.3) is 0 Å². The number of hydrogen-bond acceptors (Lipinski definition) is 1.